The van der Waals surface area contributed by atoms with Gasteiger partial charge in [-0.1, -0.05) is 0 Å². The Morgan fingerprint density at radius 3 is 3.14 bits per heavy atom. The second-order valence-corrected chi connectivity index (χ2v) is 4.92. The summed E-state index contributed by atoms with van der Waals surface area (Å²) in [6, 6.07) is 1.71. The number of aryl methyl sites for hydroxylation is 1. The molecule has 0 unspecified atom stereocenters. The summed E-state index contributed by atoms with van der Waals surface area (Å²) < 4.78 is 10.8. The third kappa shape index (κ3) is 3.10. The van der Waals surface area contributed by atoms with E-state index in [0.717, 1.165) is 12.2 Å². The van der Waals surface area contributed by atoms with Crippen LogP contribution >= 0.6 is 0 Å². The van der Waals surface area contributed by atoms with Crippen LogP contribution in [0, 0.1) is 12.8 Å². The third-order valence-corrected chi connectivity index (χ3v) is 3.44. The highest BCUT2D eigenvalue weighted by atomic mass is 16.5. The topological polar surface area (TPSA) is 97.8 Å². The van der Waals surface area contributed by atoms with Crippen LogP contribution in [0.15, 0.2) is 12.3 Å². The zero-order chi connectivity index (χ0) is 14.7. The minimum atomic E-state index is -0.0898. The first-order valence-electron chi connectivity index (χ1n) is 6.87. The van der Waals surface area contributed by atoms with Crippen LogP contribution in [0.25, 0.3) is 0 Å². The fourth-order valence-corrected chi connectivity index (χ4v) is 2.38. The Bertz CT molecular complexity index is 602. The van der Waals surface area contributed by atoms with Crippen molar-refractivity contribution in [2.45, 2.75) is 19.4 Å². The lowest BCUT2D eigenvalue weighted by atomic mass is 10.0. The Kier molecular flexibility index (Phi) is 3.96. The monoisotopic (exact) mass is 290 g/mol. The van der Waals surface area contributed by atoms with Gasteiger partial charge in [0.1, 0.15) is 11.9 Å². The second-order valence-electron chi connectivity index (χ2n) is 4.92. The molecule has 0 radical (unpaired) electrons. The number of aromatic nitrogens is 5. The summed E-state index contributed by atoms with van der Waals surface area (Å²) in [4.78, 5) is 12.8. The van der Waals surface area contributed by atoms with Crippen molar-refractivity contribution in [3.05, 3.63) is 23.9 Å². The number of ether oxygens (including phenoxy) is 2. The van der Waals surface area contributed by atoms with E-state index in [0.29, 0.717) is 30.8 Å². The van der Waals surface area contributed by atoms with Crippen molar-refractivity contribution in [2.75, 3.05) is 25.6 Å². The highest BCUT2D eigenvalue weighted by Crippen LogP contribution is 2.32. The minimum absolute atomic E-state index is 0.0898. The number of nitrogens with one attached hydrogen (secondary N) is 2. The van der Waals surface area contributed by atoms with Crippen molar-refractivity contribution in [3.63, 3.8) is 0 Å². The molecule has 112 valence electrons. The summed E-state index contributed by atoms with van der Waals surface area (Å²) >= 11 is 0. The number of aromatic amines is 1. The first kappa shape index (κ1) is 13.7. The van der Waals surface area contributed by atoms with Gasteiger partial charge >= 0.3 is 0 Å². The van der Waals surface area contributed by atoms with Crippen LogP contribution in [-0.2, 0) is 4.74 Å². The molecule has 2 aromatic rings. The Morgan fingerprint density at radius 2 is 2.38 bits per heavy atom. The zero-order valence-electron chi connectivity index (χ0n) is 12.0. The van der Waals surface area contributed by atoms with Crippen LogP contribution in [0.5, 0.6) is 5.88 Å². The van der Waals surface area contributed by atoms with Gasteiger partial charge in [0.25, 0.3) is 0 Å². The summed E-state index contributed by atoms with van der Waals surface area (Å²) in [6.07, 6.45) is 2.53. The Hall–Kier alpha value is -2.22. The van der Waals surface area contributed by atoms with E-state index in [1.165, 1.54) is 0 Å². The quantitative estimate of drug-likeness (QED) is 0.850. The average molecular weight is 290 g/mol. The molecule has 8 nitrogen and oxygen atoms in total. The molecule has 2 N–H and O–H groups in total. The van der Waals surface area contributed by atoms with Crippen molar-refractivity contribution in [3.8, 4) is 5.88 Å². The first-order chi connectivity index (χ1) is 10.3. The molecule has 0 aromatic carbocycles. The molecule has 0 saturated carbocycles. The molecule has 1 fully saturated rings. The molecule has 8 heteroatoms. The SMILES string of the molecule is COc1ccnc(NC[C@@H]2CCO[C@@H]2c2n[nH]c(C)n2)n1. The second kappa shape index (κ2) is 6.04. The van der Waals surface area contributed by atoms with Gasteiger partial charge in [0.2, 0.25) is 11.8 Å². The summed E-state index contributed by atoms with van der Waals surface area (Å²) in [7, 11) is 1.58. The molecule has 3 heterocycles. The number of nitrogens with zero attached hydrogens (tertiary/aromatic N) is 4. The van der Waals surface area contributed by atoms with E-state index >= 15 is 0 Å². The molecule has 21 heavy (non-hydrogen) atoms. The normalized spacial score (nSPS) is 21.4. The van der Waals surface area contributed by atoms with Gasteiger partial charge in [0, 0.05) is 31.3 Å². The number of rotatable bonds is 5. The summed E-state index contributed by atoms with van der Waals surface area (Å²) in [5, 5.41) is 10.3. The maximum Gasteiger partial charge on any atom is 0.225 e. The fourth-order valence-electron chi connectivity index (χ4n) is 2.38. The van der Waals surface area contributed by atoms with Crippen LogP contribution in [0.4, 0.5) is 5.95 Å². The molecule has 0 spiro atoms. The number of hydrogen-bond donors (Lipinski definition) is 2. The van der Waals surface area contributed by atoms with Crippen LogP contribution in [-0.4, -0.2) is 45.4 Å². The zero-order valence-corrected chi connectivity index (χ0v) is 12.0. The Morgan fingerprint density at radius 1 is 1.48 bits per heavy atom. The van der Waals surface area contributed by atoms with Gasteiger partial charge in [0.05, 0.1) is 7.11 Å². The predicted octanol–water partition coefficient (Wildman–Crippen LogP) is 1.10. The van der Waals surface area contributed by atoms with Crippen molar-refractivity contribution in [2.24, 2.45) is 5.92 Å². The van der Waals surface area contributed by atoms with Gasteiger partial charge in [0.15, 0.2) is 5.82 Å². The first-order valence-corrected chi connectivity index (χ1v) is 6.87. The molecular formula is C13H18N6O2. The average Bonchev–Trinajstić information content (AvgIpc) is 3.13. The van der Waals surface area contributed by atoms with Crippen molar-refractivity contribution in [1.29, 1.82) is 0 Å². The van der Waals surface area contributed by atoms with Crippen LogP contribution in [0.2, 0.25) is 0 Å². The lowest BCUT2D eigenvalue weighted by Crippen LogP contribution is -2.19. The summed E-state index contributed by atoms with van der Waals surface area (Å²) in [6.45, 7) is 3.29. The Labute approximate surface area is 122 Å². The molecule has 2 atom stereocenters. The minimum Gasteiger partial charge on any atom is -0.481 e. The fraction of sp³-hybridized carbons (Fsp3) is 0.538. The van der Waals surface area contributed by atoms with Crippen molar-refractivity contribution >= 4 is 5.95 Å². The smallest absolute Gasteiger partial charge is 0.225 e. The largest absolute Gasteiger partial charge is 0.481 e. The van der Waals surface area contributed by atoms with E-state index in [9.17, 15) is 0 Å². The maximum atomic E-state index is 5.75. The van der Waals surface area contributed by atoms with Crippen LogP contribution in [0.1, 0.15) is 24.2 Å². The molecule has 0 aliphatic carbocycles. The van der Waals surface area contributed by atoms with E-state index in [1.807, 2.05) is 6.92 Å². The van der Waals surface area contributed by atoms with E-state index in [-0.39, 0.29) is 12.0 Å². The van der Waals surface area contributed by atoms with E-state index in [2.05, 4.69) is 30.5 Å². The predicted molar refractivity (Wildman–Crippen MR) is 75.0 cm³/mol. The molecular weight excluding hydrogens is 272 g/mol. The van der Waals surface area contributed by atoms with Crippen molar-refractivity contribution < 1.29 is 9.47 Å². The number of hydrogen-bond acceptors (Lipinski definition) is 7. The van der Waals surface area contributed by atoms with Gasteiger partial charge in [-0.05, 0) is 13.3 Å². The van der Waals surface area contributed by atoms with E-state index in [4.69, 9.17) is 9.47 Å². The molecule has 1 saturated heterocycles. The molecule has 3 rings (SSSR count). The van der Waals surface area contributed by atoms with Gasteiger partial charge in [-0.3, -0.25) is 5.10 Å². The summed E-state index contributed by atoms with van der Waals surface area (Å²) in [5.74, 6) is 2.88. The van der Waals surface area contributed by atoms with E-state index < -0.39 is 0 Å². The standard InChI is InChI=1S/C13H18N6O2/c1-8-16-12(19-18-8)11-9(4-6-21-11)7-15-13-14-5-3-10(17-13)20-2/h3,5,9,11H,4,6-7H2,1-2H3,(H,14,15,17)(H,16,18,19)/t9-,11-/m0/s1. The van der Waals surface area contributed by atoms with Crippen molar-refractivity contribution in [1.82, 2.24) is 25.1 Å². The van der Waals surface area contributed by atoms with Crippen LogP contribution < -0.4 is 10.1 Å². The molecule has 2 aromatic heterocycles. The highest BCUT2D eigenvalue weighted by molar-refractivity contribution is 5.27. The summed E-state index contributed by atoms with van der Waals surface area (Å²) in [5.41, 5.74) is 0. The van der Waals surface area contributed by atoms with E-state index in [1.54, 1.807) is 19.4 Å². The number of methoxy groups -OCH3 is 1. The molecule has 1 aliphatic heterocycles. The van der Waals surface area contributed by atoms with Gasteiger partial charge in [-0.2, -0.15) is 10.1 Å². The maximum absolute atomic E-state index is 5.75. The number of H-pyrrole nitrogens is 1. The third-order valence-electron chi connectivity index (χ3n) is 3.44. The molecule has 1 aliphatic rings. The lowest BCUT2D eigenvalue weighted by molar-refractivity contribution is 0.0863. The van der Waals surface area contributed by atoms with Gasteiger partial charge in [-0.25, -0.2) is 9.97 Å². The number of anilines is 1. The molecule has 0 amide bonds. The lowest BCUT2D eigenvalue weighted by Gasteiger charge is -2.16. The van der Waals surface area contributed by atoms with Gasteiger partial charge in [-0.15, -0.1) is 0 Å². The highest BCUT2D eigenvalue weighted by Gasteiger charge is 2.32. The molecule has 0 bridgehead atoms. The van der Waals surface area contributed by atoms with Gasteiger partial charge < -0.3 is 14.8 Å². The Balaban J connectivity index is 1.63. The van der Waals surface area contributed by atoms with Crippen LogP contribution in [0.3, 0.4) is 0 Å².